The Balaban J connectivity index is 0.957. The lowest BCUT2D eigenvalue weighted by Crippen LogP contribution is -2.65. The summed E-state index contributed by atoms with van der Waals surface area (Å²) in [5.41, 5.74) is 4.13. The minimum absolute atomic E-state index is 0.0215. The van der Waals surface area contributed by atoms with Crippen molar-refractivity contribution in [3.63, 3.8) is 0 Å². The fraction of sp³-hybridized carbons (Fsp3) is 0.702. The SMILES string of the molecule is CN1CCC(NC(=O)C23CC4CC(C2)CC(c2ccc(C56CC7CC(C(=O)N(C)C8CCN(C)CC8)(CC(c8ccccc8)(C7)C5)C6)cc2)(C4)C3)CC1. The summed E-state index contributed by atoms with van der Waals surface area (Å²) in [7, 11) is 6.55. The normalized spacial score (nSPS) is 41.2. The Labute approximate surface area is 318 Å². The first-order chi connectivity index (χ1) is 25.5. The number of amides is 2. The summed E-state index contributed by atoms with van der Waals surface area (Å²) in [5, 5.41) is 3.61. The molecule has 2 saturated heterocycles. The molecular formula is C47H64N4O2. The topological polar surface area (TPSA) is 55.9 Å². The van der Waals surface area contributed by atoms with E-state index in [1.807, 2.05) is 0 Å². The zero-order valence-electron chi connectivity index (χ0n) is 32.9. The molecule has 0 radical (unpaired) electrons. The van der Waals surface area contributed by atoms with Crippen molar-refractivity contribution >= 4 is 11.8 Å². The van der Waals surface area contributed by atoms with Gasteiger partial charge in [-0.3, -0.25) is 9.59 Å². The van der Waals surface area contributed by atoms with Crippen LogP contribution in [0, 0.1) is 28.6 Å². The molecule has 2 aromatic rings. The van der Waals surface area contributed by atoms with E-state index in [2.05, 4.69) is 95.8 Å². The van der Waals surface area contributed by atoms with Crippen LogP contribution < -0.4 is 5.32 Å². The lowest BCUT2D eigenvalue weighted by Gasteiger charge is -2.67. The van der Waals surface area contributed by atoms with Crippen molar-refractivity contribution in [3.05, 3.63) is 71.3 Å². The van der Waals surface area contributed by atoms with Gasteiger partial charge in [-0.2, -0.15) is 0 Å². The molecule has 8 aliphatic carbocycles. The van der Waals surface area contributed by atoms with Gasteiger partial charge in [-0.05, 0) is 194 Å². The average Bonchev–Trinajstić information content (AvgIpc) is 3.15. The Hall–Kier alpha value is -2.70. The van der Waals surface area contributed by atoms with Crippen molar-refractivity contribution in [1.29, 1.82) is 0 Å². The molecule has 2 amide bonds. The summed E-state index contributed by atoms with van der Waals surface area (Å²) in [5.74, 6) is 2.73. The smallest absolute Gasteiger partial charge is 0.228 e. The summed E-state index contributed by atoms with van der Waals surface area (Å²) in [6.07, 6.45) is 18.0. The van der Waals surface area contributed by atoms with E-state index in [-0.39, 0.29) is 27.1 Å². The number of carbonyl (C=O) groups excluding carboxylic acids is 2. The lowest BCUT2D eigenvalue weighted by atomic mass is 9.37. The molecule has 53 heavy (non-hydrogen) atoms. The summed E-state index contributed by atoms with van der Waals surface area (Å²) >= 11 is 0. The fourth-order valence-electron chi connectivity index (χ4n) is 15.6. The first-order valence-electron chi connectivity index (χ1n) is 21.6. The second-order valence-electron chi connectivity index (χ2n) is 20.8. The van der Waals surface area contributed by atoms with E-state index in [0.29, 0.717) is 41.7 Å². The van der Waals surface area contributed by atoms with Gasteiger partial charge >= 0.3 is 0 Å². The van der Waals surface area contributed by atoms with Crippen molar-refractivity contribution in [1.82, 2.24) is 20.0 Å². The number of hydrogen-bond acceptors (Lipinski definition) is 4. The van der Waals surface area contributed by atoms with Gasteiger partial charge in [0.1, 0.15) is 0 Å². The predicted octanol–water partition coefficient (Wildman–Crippen LogP) is 7.45. The molecule has 0 aromatic heterocycles. The van der Waals surface area contributed by atoms with Crippen molar-refractivity contribution in [2.75, 3.05) is 47.3 Å². The number of likely N-dealkylation sites (tertiary alicyclic amines) is 2. The van der Waals surface area contributed by atoms with Crippen LogP contribution in [-0.4, -0.2) is 85.9 Å². The van der Waals surface area contributed by atoms with E-state index in [4.69, 9.17) is 0 Å². The molecule has 2 aliphatic heterocycles. The molecule has 6 nitrogen and oxygen atoms in total. The Bertz CT molecular complexity index is 1710. The molecule has 12 rings (SSSR count). The molecule has 2 aromatic carbocycles. The van der Waals surface area contributed by atoms with Gasteiger partial charge in [0.15, 0.2) is 0 Å². The Morgan fingerprint density at radius 2 is 1.09 bits per heavy atom. The summed E-state index contributed by atoms with van der Waals surface area (Å²) in [6.45, 7) is 4.32. The highest BCUT2D eigenvalue weighted by Gasteiger charge is 2.67. The maximum absolute atomic E-state index is 15.0. The van der Waals surface area contributed by atoms with Crippen LogP contribution >= 0.6 is 0 Å². The van der Waals surface area contributed by atoms with Crippen LogP contribution in [0.3, 0.4) is 0 Å². The predicted molar refractivity (Wildman–Crippen MR) is 211 cm³/mol. The maximum atomic E-state index is 15.0. The highest BCUT2D eigenvalue weighted by molar-refractivity contribution is 5.85. The van der Waals surface area contributed by atoms with E-state index in [1.54, 1.807) is 0 Å². The highest BCUT2D eigenvalue weighted by Crippen LogP contribution is 2.71. The van der Waals surface area contributed by atoms with Crippen LogP contribution in [0.25, 0.3) is 0 Å². The van der Waals surface area contributed by atoms with Gasteiger partial charge in [0.25, 0.3) is 0 Å². The zero-order valence-corrected chi connectivity index (χ0v) is 32.9. The van der Waals surface area contributed by atoms with E-state index in [1.165, 1.54) is 48.8 Å². The van der Waals surface area contributed by atoms with Crippen molar-refractivity contribution in [2.45, 2.75) is 131 Å². The van der Waals surface area contributed by atoms with Crippen LogP contribution in [0.5, 0.6) is 0 Å². The minimum Gasteiger partial charge on any atom is -0.353 e. The van der Waals surface area contributed by atoms with Gasteiger partial charge in [0.05, 0.1) is 10.8 Å². The molecule has 10 fully saturated rings. The third kappa shape index (κ3) is 5.60. The molecular weight excluding hydrogens is 653 g/mol. The summed E-state index contributed by atoms with van der Waals surface area (Å²) < 4.78 is 0. The first kappa shape index (κ1) is 34.8. The van der Waals surface area contributed by atoms with Crippen molar-refractivity contribution < 1.29 is 9.59 Å². The van der Waals surface area contributed by atoms with Crippen LogP contribution in [0.1, 0.15) is 119 Å². The minimum atomic E-state index is -0.292. The summed E-state index contributed by atoms with van der Waals surface area (Å²) in [4.78, 5) is 36.3. The quantitative estimate of drug-likeness (QED) is 0.324. The van der Waals surface area contributed by atoms with Crippen LogP contribution in [-0.2, 0) is 25.8 Å². The zero-order chi connectivity index (χ0) is 36.2. The lowest BCUT2D eigenvalue weighted by molar-refractivity contribution is -0.165. The van der Waals surface area contributed by atoms with Gasteiger partial charge in [0, 0.05) is 19.1 Å². The molecule has 284 valence electrons. The standard InChI is InChI=1S/C47H64N4O2/c1-49-17-13-39(14-18-49)48-41(52)44-24-33-21-34(25-44)23-43(22-33,29-44)37-9-11-38(12-10-37)46-27-35-26-45(30-46,36-7-5-4-6-8-36)31-47(28-35,32-46)42(53)51(3)40-15-19-50(2)20-16-40/h4-12,33-35,39-40H,13-32H2,1-3H3,(H,48,52). The van der Waals surface area contributed by atoms with E-state index >= 15 is 4.79 Å². The van der Waals surface area contributed by atoms with Gasteiger partial charge < -0.3 is 20.0 Å². The molecule has 2 heterocycles. The molecule has 8 bridgehead atoms. The number of nitrogens with one attached hydrogen (secondary N) is 1. The molecule has 1 N–H and O–H groups in total. The number of piperidine rings is 2. The molecule has 6 unspecified atom stereocenters. The van der Waals surface area contributed by atoms with Gasteiger partial charge in [-0.1, -0.05) is 54.6 Å². The third-order valence-electron chi connectivity index (χ3n) is 17.2. The largest absolute Gasteiger partial charge is 0.353 e. The number of benzene rings is 2. The molecule has 6 atom stereocenters. The molecule has 0 spiro atoms. The fourth-order valence-corrected chi connectivity index (χ4v) is 15.6. The first-order valence-corrected chi connectivity index (χ1v) is 21.6. The number of rotatable bonds is 7. The number of carbonyl (C=O) groups is 2. The van der Waals surface area contributed by atoms with Crippen LogP contribution in [0.15, 0.2) is 54.6 Å². The Morgan fingerprint density at radius 1 is 0.604 bits per heavy atom. The van der Waals surface area contributed by atoms with E-state index in [9.17, 15) is 4.79 Å². The molecule has 8 saturated carbocycles. The van der Waals surface area contributed by atoms with Gasteiger partial charge in [-0.15, -0.1) is 0 Å². The van der Waals surface area contributed by atoms with E-state index < -0.39 is 0 Å². The highest BCUT2D eigenvalue weighted by atomic mass is 16.2. The van der Waals surface area contributed by atoms with Gasteiger partial charge in [-0.25, -0.2) is 0 Å². The second-order valence-corrected chi connectivity index (χ2v) is 20.8. The summed E-state index contributed by atoms with van der Waals surface area (Å²) in [6, 6.07) is 22.1. The maximum Gasteiger partial charge on any atom is 0.228 e. The third-order valence-corrected chi connectivity index (χ3v) is 17.2. The average molecular weight is 717 g/mol. The monoisotopic (exact) mass is 717 g/mol. The van der Waals surface area contributed by atoms with Crippen molar-refractivity contribution in [2.24, 2.45) is 28.6 Å². The van der Waals surface area contributed by atoms with Crippen LogP contribution in [0.2, 0.25) is 0 Å². The van der Waals surface area contributed by atoms with E-state index in [0.717, 1.165) is 96.8 Å². The van der Waals surface area contributed by atoms with Crippen LogP contribution in [0.4, 0.5) is 0 Å². The molecule has 10 aliphatic rings. The second kappa shape index (κ2) is 12.4. The Kier molecular flexibility index (Phi) is 8.14. The number of nitrogens with zero attached hydrogens (tertiary/aromatic N) is 3. The van der Waals surface area contributed by atoms with Crippen molar-refractivity contribution in [3.8, 4) is 0 Å². The van der Waals surface area contributed by atoms with Gasteiger partial charge in [0.2, 0.25) is 11.8 Å². The number of hydrogen-bond donors (Lipinski definition) is 1. The molecule has 6 heteroatoms. The Morgan fingerprint density at radius 3 is 1.70 bits per heavy atom.